The number of carbonyl (C=O) groups is 1. The van der Waals surface area contributed by atoms with Crippen molar-refractivity contribution in [3.63, 3.8) is 0 Å². The minimum atomic E-state index is -4.50. The zero-order valence-corrected chi connectivity index (χ0v) is 11.7. The van der Waals surface area contributed by atoms with Gasteiger partial charge in [0.25, 0.3) is 0 Å². The lowest BCUT2D eigenvalue weighted by molar-refractivity contribution is -0.137. The van der Waals surface area contributed by atoms with Crippen LogP contribution in [0.2, 0.25) is 0 Å². The van der Waals surface area contributed by atoms with E-state index in [9.17, 15) is 23.1 Å². The number of alkyl halides is 3. The summed E-state index contributed by atoms with van der Waals surface area (Å²) in [5.41, 5.74) is -0.406. The number of halogens is 3. The van der Waals surface area contributed by atoms with E-state index in [-0.39, 0.29) is 22.7 Å². The van der Waals surface area contributed by atoms with Gasteiger partial charge in [0, 0.05) is 16.9 Å². The van der Waals surface area contributed by atoms with Gasteiger partial charge in [0.2, 0.25) is 0 Å². The Kier molecular flexibility index (Phi) is 4.75. The van der Waals surface area contributed by atoms with Gasteiger partial charge in [-0.25, -0.2) is 4.79 Å². The van der Waals surface area contributed by atoms with Crippen LogP contribution in [0.4, 0.5) is 29.3 Å². The molecule has 122 valence electrons. The Balaban J connectivity index is 2.11. The second kappa shape index (κ2) is 6.57. The number of carbonyl (C=O) groups excluding carboxylic acids is 1. The second-order valence-electron chi connectivity index (χ2n) is 4.66. The minimum Gasteiger partial charge on any atom is -0.508 e. The number of rotatable bonds is 3. The summed E-state index contributed by atoms with van der Waals surface area (Å²) >= 11 is 0. The highest BCUT2D eigenvalue weighted by atomic mass is 19.4. The molecule has 0 saturated heterocycles. The van der Waals surface area contributed by atoms with Gasteiger partial charge in [-0.2, -0.15) is 13.2 Å². The average molecular weight is 326 g/mol. The standard InChI is InChI=1S/C15H13F3N2O3/c16-15(17,18)10-2-1-3-11(7-10)19-14(23)20-13-5-4-12(22)6-9(13)8-21/h1-7,21-22H,8H2,(H2,19,20,23). The van der Waals surface area contributed by atoms with E-state index in [1.165, 1.54) is 30.3 Å². The van der Waals surface area contributed by atoms with Gasteiger partial charge in [0.15, 0.2) is 0 Å². The Labute approximate surface area is 129 Å². The first-order valence-electron chi connectivity index (χ1n) is 6.47. The van der Waals surface area contributed by atoms with E-state index < -0.39 is 24.4 Å². The van der Waals surface area contributed by atoms with E-state index in [2.05, 4.69) is 10.6 Å². The van der Waals surface area contributed by atoms with Crippen LogP contribution in [0.1, 0.15) is 11.1 Å². The molecule has 23 heavy (non-hydrogen) atoms. The summed E-state index contributed by atoms with van der Waals surface area (Å²) in [5.74, 6) is -0.0853. The van der Waals surface area contributed by atoms with Crippen molar-refractivity contribution in [1.82, 2.24) is 0 Å². The minimum absolute atomic E-state index is 0.0262. The van der Waals surface area contributed by atoms with Crippen molar-refractivity contribution in [1.29, 1.82) is 0 Å². The molecule has 0 aliphatic heterocycles. The molecule has 0 aromatic heterocycles. The molecule has 5 nitrogen and oxygen atoms in total. The molecule has 4 N–H and O–H groups in total. The molecule has 0 saturated carbocycles. The molecule has 0 bridgehead atoms. The van der Waals surface area contributed by atoms with Crippen LogP contribution in [-0.4, -0.2) is 16.2 Å². The number of phenols is 1. The number of aliphatic hydroxyl groups is 1. The summed E-state index contributed by atoms with van der Waals surface area (Å²) in [7, 11) is 0. The number of nitrogens with one attached hydrogen (secondary N) is 2. The van der Waals surface area contributed by atoms with Crippen molar-refractivity contribution in [2.75, 3.05) is 10.6 Å². The van der Waals surface area contributed by atoms with Crippen molar-refractivity contribution >= 4 is 17.4 Å². The Hall–Kier alpha value is -2.74. The zero-order valence-electron chi connectivity index (χ0n) is 11.7. The fraction of sp³-hybridized carbons (Fsp3) is 0.133. The van der Waals surface area contributed by atoms with Crippen molar-refractivity contribution < 1.29 is 28.2 Å². The normalized spacial score (nSPS) is 11.1. The van der Waals surface area contributed by atoms with E-state index in [1.54, 1.807) is 0 Å². The van der Waals surface area contributed by atoms with Gasteiger partial charge >= 0.3 is 12.2 Å². The Morgan fingerprint density at radius 2 is 1.83 bits per heavy atom. The molecule has 0 radical (unpaired) electrons. The van der Waals surface area contributed by atoms with Crippen LogP contribution in [0.5, 0.6) is 5.75 Å². The number of amides is 2. The predicted molar refractivity (Wildman–Crippen MR) is 78.1 cm³/mol. The molecule has 2 aromatic carbocycles. The third-order valence-corrected chi connectivity index (χ3v) is 2.96. The van der Waals surface area contributed by atoms with Crippen molar-refractivity contribution in [3.05, 3.63) is 53.6 Å². The molecule has 0 heterocycles. The van der Waals surface area contributed by atoms with Crippen molar-refractivity contribution in [3.8, 4) is 5.75 Å². The molecule has 2 aromatic rings. The molecule has 0 aliphatic carbocycles. The number of aliphatic hydroxyl groups excluding tert-OH is 1. The third kappa shape index (κ3) is 4.36. The van der Waals surface area contributed by atoms with Crippen LogP contribution in [0.3, 0.4) is 0 Å². The number of benzene rings is 2. The molecular weight excluding hydrogens is 313 g/mol. The highest BCUT2D eigenvalue weighted by Gasteiger charge is 2.30. The van der Waals surface area contributed by atoms with Crippen LogP contribution in [0.25, 0.3) is 0 Å². The molecule has 0 spiro atoms. The second-order valence-corrected chi connectivity index (χ2v) is 4.66. The van der Waals surface area contributed by atoms with Crippen LogP contribution < -0.4 is 10.6 Å². The Morgan fingerprint density at radius 1 is 1.09 bits per heavy atom. The Morgan fingerprint density at radius 3 is 2.48 bits per heavy atom. The summed E-state index contributed by atoms with van der Waals surface area (Å²) in [4.78, 5) is 11.8. The van der Waals surface area contributed by atoms with Gasteiger partial charge in [0.1, 0.15) is 5.75 Å². The highest BCUT2D eigenvalue weighted by Crippen LogP contribution is 2.30. The van der Waals surface area contributed by atoms with Gasteiger partial charge in [-0.3, -0.25) is 0 Å². The molecular formula is C15H13F3N2O3. The van der Waals surface area contributed by atoms with Crippen LogP contribution in [-0.2, 0) is 12.8 Å². The average Bonchev–Trinajstić information content (AvgIpc) is 2.48. The molecule has 8 heteroatoms. The van der Waals surface area contributed by atoms with Crippen molar-refractivity contribution in [2.24, 2.45) is 0 Å². The fourth-order valence-electron chi connectivity index (χ4n) is 1.89. The molecule has 2 amide bonds. The third-order valence-electron chi connectivity index (χ3n) is 2.96. The smallest absolute Gasteiger partial charge is 0.416 e. The number of hydrogen-bond donors (Lipinski definition) is 4. The lowest BCUT2D eigenvalue weighted by Gasteiger charge is -2.12. The number of urea groups is 1. The van der Waals surface area contributed by atoms with E-state index in [0.29, 0.717) is 0 Å². The lowest BCUT2D eigenvalue weighted by atomic mass is 10.2. The van der Waals surface area contributed by atoms with E-state index in [0.717, 1.165) is 12.1 Å². The number of anilines is 2. The molecule has 0 aliphatic rings. The van der Waals surface area contributed by atoms with Crippen molar-refractivity contribution in [2.45, 2.75) is 12.8 Å². The first-order valence-corrected chi connectivity index (χ1v) is 6.47. The number of aromatic hydroxyl groups is 1. The predicted octanol–water partition coefficient (Wildman–Crippen LogP) is 3.55. The maximum Gasteiger partial charge on any atom is 0.416 e. The quantitative estimate of drug-likeness (QED) is 0.651. The van der Waals surface area contributed by atoms with Crippen LogP contribution >= 0.6 is 0 Å². The largest absolute Gasteiger partial charge is 0.508 e. The van der Waals surface area contributed by atoms with Crippen LogP contribution in [0.15, 0.2) is 42.5 Å². The lowest BCUT2D eigenvalue weighted by Crippen LogP contribution is -2.20. The molecule has 2 rings (SSSR count). The summed E-state index contributed by atoms with van der Waals surface area (Å²) in [6, 6.07) is 7.36. The van der Waals surface area contributed by atoms with E-state index in [4.69, 9.17) is 5.11 Å². The first kappa shape index (κ1) is 16.6. The Bertz CT molecular complexity index is 717. The summed E-state index contributed by atoms with van der Waals surface area (Å²) in [5, 5.41) is 23.1. The van der Waals surface area contributed by atoms with Crippen LogP contribution in [0, 0.1) is 0 Å². The maximum atomic E-state index is 12.6. The molecule has 0 atom stereocenters. The maximum absolute atomic E-state index is 12.6. The van der Waals surface area contributed by atoms with Gasteiger partial charge in [-0.15, -0.1) is 0 Å². The zero-order chi connectivity index (χ0) is 17.0. The molecule has 0 unspecified atom stereocenters. The fourth-order valence-corrected chi connectivity index (χ4v) is 1.89. The van der Waals surface area contributed by atoms with E-state index in [1.807, 2.05) is 0 Å². The molecule has 0 fully saturated rings. The number of hydrogen-bond acceptors (Lipinski definition) is 3. The van der Waals surface area contributed by atoms with Gasteiger partial charge in [-0.05, 0) is 36.4 Å². The van der Waals surface area contributed by atoms with Gasteiger partial charge in [-0.1, -0.05) is 6.07 Å². The summed E-state index contributed by atoms with van der Waals surface area (Å²) < 4.78 is 37.8. The first-order chi connectivity index (χ1) is 10.8. The van der Waals surface area contributed by atoms with Gasteiger partial charge in [0.05, 0.1) is 12.2 Å². The monoisotopic (exact) mass is 326 g/mol. The van der Waals surface area contributed by atoms with E-state index >= 15 is 0 Å². The summed E-state index contributed by atoms with van der Waals surface area (Å²) in [6.45, 7) is -0.423. The topological polar surface area (TPSA) is 81.6 Å². The van der Waals surface area contributed by atoms with Gasteiger partial charge < -0.3 is 20.8 Å². The summed E-state index contributed by atoms with van der Waals surface area (Å²) in [6.07, 6.45) is -4.50. The highest BCUT2D eigenvalue weighted by molar-refractivity contribution is 6.00. The SMILES string of the molecule is O=C(Nc1cccc(C(F)(F)F)c1)Nc1ccc(O)cc1CO. The number of phenolic OH excluding ortho intramolecular Hbond substituents is 1.